The highest BCUT2D eigenvalue weighted by Crippen LogP contribution is 2.34. The maximum absolute atomic E-state index is 13.4. The second kappa shape index (κ2) is 7.40. The van der Waals surface area contributed by atoms with Gasteiger partial charge in [0.2, 0.25) is 5.92 Å². The molecule has 0 aromatic carbocycles. The second-order valence-corrected chi connectivity index (χ2v) is 7.64. The quantitative estimate of drug-likeness (QED) is 0.876. The Bertz CT molecular complexity index is 774. The van der Waals surface area contributed by atoms with E-state index in [0.29, 0.717) is 24.6 Å². The highest BCUT2D eigenvalue weighted by molar-refractivity contribution is 5.52. The van der Waals surface area contributed by atoms with Crippen LogP contribution in [0.15, 0.2) is 18.3 Å². The van der Waals surface area contributed by atoms with Gasteiger partial charge in [0, 0.05) is 44.2 Å². The largest absolute Gasteiger partial charge is 0.367 e. The van der Waals surface area contributed by atoms with Gasteiger partial charge in [-0.2, -0.15) is 15.1 Å². The molecule has 146 valence electrons. The summed E-state index contributed by atoms with van der Waals surface area (Å²) in [4.78, 5) is 11.6. The summed E-state index contributed by atoms with van der Waals surface area (Å²) in [6.07, 6.45) is 6.16. The summed E-state index contributed by atoms with van der Waals surface area (Å²) in [5.74, 6) is -0.462. The predicted octanol–water partition coefficient (Wildman–Crippen LogP) is 3.95. The summed E-state index contributed by atoms with van der Waals surface area (Å²) in [6, 6.07) is 3.87. The van der Waals surface area contributed by atoms with Crippen molar-refractivity contribution in [2.75, 3.05) is 23.3 Å². The van der Waals surface area contributed by atoms with E-state index in [1.54, 1.807) is 4.68 Å². The molecular weight excluding hydrogens is 350 g/mol. The third kappa shape index (κ3) is 4.36. The summed E-state index contributed by atoms with van der Waals surface area (Å²) in [6.45, 7) is 3.87. The molecule has 27 heavy (non-hydrogen) atoms. The van der Waals surface area contributed by atoms with Crippen molar-refractivity contribution in [3.8, 4) is 5.95 Å². The van der Waals surface area contributed by atoms with Crippen LogP contribution in [0.2, 0.25) is 0 Å². The summed E-state index contributed by atoms with van der Waals surface area (Å²) < 4.78 is 28.5. The van der Waals surface area contributed by atoms with Crippen molar-refractivity contribution in [1.29, 1.82) is 0 Å². The van der Waals surface area contributed by atoms with E-state index >= 15 is 0 Å². The van der Waals surface area contributed by atoms with E-state index in [4.69, 9.17) is 4.98 Å². The zero-order valence-electron chi connectivity index (χ0n) is 15.7. The molecule has 1 aliphatic carbocycles. The molecule has 1 saturated heterocycles. The number of anilines is 2. The molecule has 0 atom stereocenters. The number of hydrogen-bond acceptors (Lipinski definition) is 5. The number of rotatable bonds is 4. The van der Waals surface area contributed by atoms with Crippen LogP contribution in [0.5, 0.6) is 0 Å². The number of alkyl halides is 2. The first-order valence-corrected chi connectivity index (χ1v) is 9.80. The summed E-state index contributed by atoms with van der Waals surface area (Å²) >= 11 is 0. The molecule has 1 N–H and O–H groups in total. The molecule has 2 fully saturated rings. The molecule has 0 spiro atoms. The maximum Gasteiger partial charge on any atom is 0.254 e. The van der Waals surface area contributed by atoms with Crippen LogP contribution in [-0.2, 0) is 0 Å². The van der Waals surface area contributed by atoms with Crippen LogP contribution in [0, 0.1) is 6.92 Å². The lowest BCUT2D eigenvalue weighted by Gasteiger charge is -2.30. The lowest BCUT2D eigenvalue weighted by Crippen LogP contribution is -2.33. The average Bonchev–Trinajstić information content (AvgIpc) is 3.10. The molecule has 0 bridgehead atoms. The first kappa shape index (κ1) is 18.1. The molecule has 4 rings (SSSR count). The molecule has 0 amide bonds. The van der Waals surface area contributed by atoms with E-state index in [1.807, 2.05) is 25.3 Å². The van der Waals surface area contributed by atoms with Gasteiger partial charge < -0.3 is 10.2 Å². The maximum atomic E-state index is 13.4. The van der Waals surface area contributed by atoms with E-state index in [1.165, 1.54) is 6.42 Å². The van der Waals surface area contributed by atoms with Gasteiger partial charge in [0.15, 0.2) is 0 Å². The number of aromatic nitrogens is 4. The minimum absolute atomic E-state index is 0.0148. The summed E-state index contributed by atoms with van der Waals surface area (Å²) in [5, 5.41) is 7.78. The Morgan fingerprint density at radius 2 is 1.85 bits per heavy atom. The van der Waals surface area contributed by atoms with Crippen LogP contribution >= 0.6 is 0 Å². The van der Waals surface area contributed by atoms with Gasteiger partial charge in [0.1, 0.15) is 11.6 Å². The molecule has 0 unspecified atom stereocenters. The van der Waals surface area contributed by atoms with E-state index in [2.05, 4.69) is 20.3 Å². The first-order valence-electron chi connectivity index (χ1n) is 9.80. The fourth-order valence-corrected chi connectivity index (χ4v) is 3.80. The van der Waals surface area contributed by atoms with Gasteiger partial charge in [-0.15, -0.1) is 0 Å². The monoisotopic (exact) mass is 376 g/mol. The molecule has 3 heterocycles. The standard InChI is InChI=1S/C19H26F2N6/c1-14-7-12-27(25-14)18-23-16(22-15-5-8-19(20,21)9-6-15)13-17(24-18)26-10-3-2-4-11-26/h7,12-13,15H,2-6,8-11H2,1H3,(H,22,23,24). The fraction of sp³-hybridized carbons (Fsp3) is 0.632. The molecule has 8 heteroatoms. The third-order valence-electron chi connectivity index (χ3n) is 5.38. The van der Waals surface area contributed by atoms with Crippen LogP contribution in [0.3, 0.4) is 0 Å². The number of halogens is 2. The Morgan fingerprint density at radius 1 is 1.11 bits per heavy atom. The average molecular weight is 376 g/mol. The normalized spacial score (nSPS) is 20.6. The molecule has 2 aliphatic rings. The van der Waals surface area contributed by atoms with Crippen LogP contribution in [0.1, 0.15) is 50.6 Å². The Balaban J connectivity index is 1.59. The number of nitrogens with one attached hydrogen (secondary N) is 1. The van der Waals surface area contributed by atoms with Gasteiger partial charge in [-0.3, -0.25) is 0 Å². The van der Waals surface area contributed by atoms with Gasteiger partial charge >= 0.3 is 0 Å². The molecule has 1 saturated carbocycles. The zero-order chi connectivity index (χ0) is 18.9. The Morgan fingerprint density at radius 3 is 2.52 bits per heavy atom. The summed E-state index contributed by atoms with van der Waals surface area (Å²) in [5.41, 5.74) is 0.894. The van der Waals surface area contributed by atoms with E-state index in [-0.39, 0.29) is 18.9 Å². The van der Waals surface area contributed by atoms with Crippen molar-refractivity contribution in [3.63, 3.8) is 0 Å². The third-order valence-corrected chi connectivity index (χ3v) is 5.38. The number of nitrogens with zero attached hydrogens (tertiary/aromatic N) is 5. The topological polar surface area (TPSA) is 58.9 Å². The Kier molecular flexibility index (Phi) is 4.97. The van der Waals surface area contributed by atoms with Crippen LogP contribution in [0.4, 0.5) is 20.4 Å². The minimum Gasteiger partial charge on any atom is -0.367 e. The second-order valence-electron chi connectivity index (χ2n) is 7.64. The van der Waals surface area contributed by atoms with Crippen molar-refractivity contribution >= 4 is 11.6 Å². The SMILES string of the molecule is Cc1ccn(-c2nc(NC3CCC(F)(F)CC3)cc(N3CCCCC3)n2)n1. The lowest BCUT2D eigenvalue weighted by atomic mass is 9.92. The molecule has 2 aromatic rings. The summed E-state index contributed by atoms with van der Waals surface area (Å²) in [7, 11) is 0. The van der Waals surface area contributed by atoms with Crippen LogP contribution < -0.4 is 10.2 Å². The molecule has 2 aromatic heterocycles. The molecule has 0 radical (unpaired) electrons. The number of aryl methyl sites for hydroxylation is 1. The lowest BCUT2D eigenvalue weighted by molar-refractivity contribution is -0.0361. The minimum atomic E-state index is -2.53. The molecule has 6 nitrogen and oxygen atoms in total. The van der Waals surface area contributed by atoms with E-state index < -0.39 is 5.92 Å². The van der Waals surface area contributed by atoms with Gasteiger partial charge in [-0.25, -0.2) is 13.5 Å². The highest BCUT2D eigenvalue weighted by atomic mass is 19.3. The first-order chi connectivity index (χ1) is 13.0. The zero-order valence-corrected chi connectivity index (χ0v) is 15.7. The van der Waals surface area contributed by atoms with Gasteiger partial charge in [-0.05, 0) is 45.1 Å². The van der Waals surface area contributed by atoms with E-state index in [0.717, 1.165) is 37.4 Å². The predicted molar refractivity (Wildman–Crippen MR) is 101 cm³/mol. The van der Waals surface area contributed by atoms with Crippen molar-refractivity contribution in [3.05, 3.63) is 24.0 Å². The van der Waals surface area contributed by atoms with Gasteiger partial charge in [0.05, 0.1) is 5.69 Å². The smallest absolute Gasteiger partial charge is 0.254 e. The Labute approximate surface area is 158 Å². The van der Waals surface area contributed by atoms with Gasteiger partial charge in [0.25, 0.3) is 5.95 Å². The Hall–Kier alpha value is -2.25. The van der Waals surface area contributed by atoms with E-state index in [9.17, 15) is 8.78 Å². The van der Waals surface area contributed by atoms with Crippen LogP contribution in [0.25, 0.3) is 5.95 Å². The van der Waals surface area contributed by atoms with Crippen molar-refractivity contribution in [2.45, 2.75) is 63.8 Å². The number of piperidine rings is 1. The van der Waals surface area contributed by atoms with Crippen molar-refractivity contribution in [1.82, 2.24) is 19.7 Å². The fourth-order valence-electron chi connectivity index (χ4n) is 3.80. The van der Waals surface area contributed by atoms with Crippen LogP contribution in [-0.4, -0.2) is 44.8 Å². The molecule has 1 aliphatic heterocycles. The number of hydrogen-bond donors (Lipinski definition) is 1. The van der Waals surface area contributed by atoms with Gasteiger partial charge in [-0.1, -0.05) is 0 Å². The highest BCUT2D eigenvalue weighted by Gasteiger charge is 2.35. The van der Waals surface area contributed by atoms with Crippen molar-refractivity contribution < 1.29 is 8.78 Å². The molecular formula is C19H26F2N6. The van der Waals surface area contributed by atoms with Crippen molar-refractivity contribution in [2.24, 2.45) is 0 Å².